The fourth-order valence-corrected chi connectivity index (χ4v) is 1.84. The number of hydrogen-bond acceptors (Lipinski definition) is 5. The van der Waals surface area contributed by atoms with Crippen molar-refractivity contribution in [2.45, 2.75) is 18.8 Å². The molecule has 1 aliphatic rings. The van der Waals surface area contributed by atoms with Gasteiger partial charge in [0.1, 0.15) is 0 Å². The summed E-state index contributed by atoms with van der Waals surface area (Å²) >= 11 is 0. The molecule has 0 aliphatic carbocycles. The molecule has 1 atom stereocenters. The summed E-state index contributed by atoms with van der Waals surface area (Å²) in [6.07, 6.45) is 0.271. The molecule has 1 saturated heterocycles. The molecule has 5 N–H and O–H groups in total. The molecule has 0 spiro atoms. The maximum atomic E-state index is 10.9. The number of benzene rings is 1. The maximum absolute atomic E-state index is 10.9. The van der Waals surface area contributed by atoms with E-state index in [1.54, 1.807) is 0 Å². The minimum absolute atomic E-state index is 0.178. The number of primary amides is 1. The lowest BCUT2D eigenvalue weighted by atomic mass is 10.1. The molecular formula is C13H19N3O3. The number of nitrogens with one attached hydrogen (secondary N) is 1. The first kappa shape index (κ1) is 13.8. The highest BCUT2D eigenvalue weighted by molar-refractivity contribution is 5.79. The van der Waals surface area contributed by atoms with E-state index >= 15 is 0 Å². The standard InChI is InChI=1S/C13H19N3O3/c14-11(13(15)17)7-9-1-3-10(4-2-9)16-8-12-18-5-6-19-12/h1-4,11-12,16H,5-8,14H2,(H2,15,17). The second kappa shape index (κ2) is 6.51. The van der Waals surface area contributed by atoms with Crippen molar-refractivity contribution >= 4 is 11.6 Å². The van der Waals surface area contributed by atoms with Gasteiger partial charge in [-0.15, -0.1) is 0 Å². The van der Waals surface area contributed by atoms with Crippen LogP contribution in [0.15, 0.2) is 24.3 Å². The van der Waals surface area contributed by atoms with Gasteiger partial charge in [-0.3, -0.25) is 4.79 Å². The van der Waals surface area contributed by atoms with Crippen molar-refractivity contribution < 1.29 is 14.3 Å². The van der Waals surface area contributed by atoms with E-state index in [0.717, 1.165) is 11.3 Å². The van der Waals surface area contributed by atoms with Gasteiger partial charge < -0.3 is 26.3 Å². The van der Waals surface area contributed by atoms with Crippen LogP contribution >= 0.6 is 0 Å². The molecule has 1 amide bonds. The molecule has 1 aromatic rings. The number of carbonyl (C=O) groups excluding carboxylic acids is 1. The van der Waals surface area contributed by atoms with E-state index in [-0.39, 0.29) is 6.29 Å². The summed E-state index contributed by atoms with van der Waals surface area (Å²) in [5.74, 6) is -0.488. The lowest BCUT2D eigenvalue weighted by Crippen LogP contribution is -2.38. The smallest absolute Gasteiger partial charge is 0.234 e. The predicted molar refractivity (Wildman–Crippen MR) is 71.5 cm³/mol. The molecule has 104 valence electrons. The van der Waals surface area contributed by atoms with Gasteiger partial charge in [0.15, 0.2) is 6.29 Å². The van der Waals surface area contributed by atoms with Crippen molar-refractivity contribution in [3.8, 4) is 0 Å². The summed E-state index contributed by atoms with van der Waals surface area (Å²) in [5, 5.41) is 3.22. The molecule has 0 saturated carbocycles. The highest BCUT2D eigenvalue weighted by atomic mass is 16.7. The zero-order chi connectivity index (χ0) is 13.7. The minimum atomic E-state index is -0.640. The minimum Gasteiger partial charge on any atom is -0.380 e. The third-order valence-electron chi connectivity index (χ3n) is 2.94. The molecule has 0 radical (unpaired) electrons. The lowest BCUT2D eigenvalue weighted by molar-refractivity contribution is -0.119. The Bertz CT molecular complexity index is 416. The molecule has 0 aromatic heterocycles. The topological polar surface area (TPSA) is 99.6 Å². The van der Waals surface area contributed by atoms with Crippen LogP contribution in [0.4, 0.5) is 5.69 Å². The molecule has 1 aliphatic heterocycles. The quantitative estimate of drug-likeness (QED) is 0.663. The zero-order valence-corrected chi connectivity index (χ0v) is 10.7. The Morgan fingerprint density at radius 3 is 2.53 bits per heavy atom. The van der Waals surface area contributed by atoms with E-state index in [9.17, 15) is 4.79 Å². The van der Waals surface area contributed by atoms with Crippen molar-refractivity contribution in [1.29, 1.82) is 0 Å². The van der Waals surface area contributed by atoms with Gasteiger partial charge in [0.2, 0.25) is 5.91 Å². The van der Waals surface area contributed by atoms with Crippen molar-refractivity contribution in [2.75, 3.05) is 25.1 Å². The number of anilines is 1. The molecular weight excluding hydrogens is 246 g/mol. The molecule has 6 heteroatoms. The molecule has 0 bridgehead atoms. The molecule has 6 nitrogen and oxygen atoms in total. The Hall–Kier alpha value is -1.63. The second-order valence-corrected chi connectivity index (χ2v) is 4.46. The van der Waals surface area contributed by atoms with Gasteiger partial charge in [-0.2, -0.15) is 0 Å². The highest BCUT2D eigenvalue weighted by Crippen LogP contribution is 2.12. The fourth-order valence-electron chi connectivity index (χ4n) is 1.84. The molecule has 1 heterocycles. The first-order valence-electron chi connectivity index (χ1n) is 6.26. The lowest BCUT2D eigenvalue weighted by Gasteiger charge is -2.12. The first-order valence-corrected chi connectivity index (χ1v) is 6.26. The van der Waals surface area contributed by atoms with Crippen molar-refractivity contribution in [3.05, 3.63) is 29.8 Å². The van der Waals surface area contributed by atoms with E-state index in [2.05, 4.69) is 5.32 Å². The average Bonchev–Trinajstić information content (AvgIpc) is 2.91. The summed E-state index contributed by atoms with van der Waals surface area (Å²) < 4.78 is 10.6. The SMILES string of the molecule is NC(=O)C(N)Cc1ccc(NCC2OCCO2)cc1. The number of hydrogen-bond donors (Lipinski definition) is 3. The summed E-state index contributed by atoms with van der Waals surface area (Å²) in [4.78, 5) is 10.9. The monoisotopic (exact) mass is 265 g/mol. The molecule has 19 heavy (non-hydrogen) atoms. The van der Waals surface area contributed by atoms with E-state index in [1.807, 2.05) is 24.3 Å². The van der Waals surface area contributed by atoms with Gasteiger partial charge in [-0.05, 0) is 24.1 Å². The third kappa shape index (κ3) is 4.20. The van der Waals surface area contributed by atoms with Crippen LogP contribution in [0.25, 0.3) is 0 Å². The van der Waals surface area contributed by atoms with Crippen LogP contribution in [-0.2, 0) is 20.7 Å². The Morgan fingerprint density at radius 2 is 1.95 bits per heavy atom. The Labute approximate surface area is 112 Å². The second-order valence-electron chi connectivity index (χ2n) is 4.46. The van der Waals surface area contributed by atoms with Crippen molar-refractivity contribution in [2.24, 2.45) is 11.5 Å². The summed E-state index contributed by atoms with van der Waals surface area (Å²) in [5.41, 5.74) is 12.7. The fraction of sp³-hybridized carbons (Fsp3) is 0.462. The van der Waals surface area contributed by atoms with Crippen LogP contribution in [0.1, 0.15) is 5.56 Å². The van der Waals surface area contributed by atoms with E-state index in [0.29, 0.717) is 26.2 Å². The highest BCUT2D eigenvalue weighted by Gasteiger charge is 2.15. The molecule has 1 unspecified atom stereocenters. The largest absolute Gasteiger partial charge is 0.380 e. The normalized spacial score (nSPS) is 17.3. The van der Waals surface area contributed by atoms with Crippen LogP contribution in [0.5, 0.6) is 0 Å². The Morgan fingerprint density at radius 1 is 1.32 bits per heavy atom. The van der Waals surface area contributed by atoms with Crippen LogP contribution in [0, 0.1) is 0 Å². The first-order chi connectivity index (χ1) is 9.15. The molecule has 2 rings (SSSR count). The van der Waals surface area contributed by atoms with Crippen molar-refractivity contribution in [3.63, 3.8) is 0 Å². The average molecular weight is 265 g/mol. The van der Waals surface area contributed by atoms with Crippen LogP contribution in [0.2, 0.25) is 0 Å². The molecule has 1 aromatic carbocycles. The summed E-state index contributed by atoms with van der Waals surface area (Å²) in [6.45, 7) is 1.91. The summed E-state index contributed by atoms with van der Waals surface area (Å²) in [7, 11) is 0. The van der Waals surface area contributed by atoms with E-state index in [1.165, 1.54) is 0 Å². The number of carbonyl (C=O) groups is 1. The van der Waals surface area contributed by atoms with Gasteiger partial charge >= 0.3 is 0 Å². The maximum Gasteiger partial charge on any atom is 0.234 e. The van der Waals surface area contributed by atoms with Gasteiger partial charge in [0.25, 0.3) is 0 Å². The number of rotatable bonds is 6. The van der Waals surface area contributed by atoms with Crippen LogP contribution in [-0.4, -0.2) is 38.0 Å². The van der Waals surface area contributed by atoms with E-state index in [4.69, 9.17) is 20.9 Å². The van der Waals surface area contributed by atoms with Gasteiger partial charge in [0.05, 0.1) is 25.8 Å². The van der Waals surface area contributed by atoms with Crippen LogP contribution in [0.3, 0.4) is 0 Å². The Kier molecular flexibility index (Phi) is 4.73. The Balaban J connectivity index is 1.82. The molecule has 1 fully saturated rings. The van der Waals surface area contributed by atoms with Gasteiger partial charge in [-0.1, -0.05) is 12.1 Å². The zero-order valence-electron chi connectivity index (χ0n) is 10.7. The number of ether oxygens (including phenoxy) is 2. The van der Waals surface area contributed by atoms with Crippen LogP contribution < -0.4 is 16.8 Å². The van der Waals surface area contributed by atoms with Gasteiger partial charge in [-0.25, -0.2) is 0 Å². The van der Waals surface area contributed by atoms with E-state index < -0.39 is 11.9 Å². The number of amides is 1. The third-order valence-corrected chi connectivity index (χ3v) is 2.94. The number of nitrogens with two attached hydrogens (primary N) is 2. The summed E-state index contributed by atoms with van der Waals surface area (Å²) in [6, 6.07) is 7.05. The van der Waals surface area contributed by atoms with Gasteiger partial charge in [0, 0.05) is 5.69 Å². The predicted octanol–water partition coefficient (Wildman–Crippen LogP) is -0.173. The van der Waals surface area contributed by atoms with Crippen molar-refractivity contribution in [1.82, 2.24) is 0 Å².